The molecule has 7 nitrogen and oxygen atoms in total. The van der Waals surface area contributed by atoms with Crippen LogP contribution in [0.25, 0.3) is 0 Å². The molecule has 5 atom stereocenters. The van der Waals surface area contributed by atoms with Crippen molar-refractivity contribution >= 4 is 11.8 Å². The Labute approximate surface area is 175 Å². The van der Waals surface area contributed by atoms with E-state index in [-0.39, 0.29) is 23.9 Å². The van der Waals surface area contributed by atoms with E-state index in [9.17, 15) is 9.59 Å². The summed E-state index contributed by atoms with van der Waals surface area (Å²) in [6, 6.07) is 0.181. The SMILES string of the molecule is C[C@H](NC(=O)[C@H](C)N1CCN(CC(=O)N2CCOCC2)CC1)[C@@H]1C[C@H]2CC[C@H]1C2. The highest BCUT2D eigenvalue weighted by atomic mass is 16.5. The highest BCUT2D eigenvalue weighted by molar-refractivity contribution is 5.81. The van der Waals surface area contributed by atoms with Crippen molar-refractivity contribution in [3.8, 4) is 0 Å². The van der Waals surface area contributed by atoms with Gasteiger partial charge in [-0.1, -0.05) is 6.42 Å². The number of hydrogen-bond acceptors (Lipinski definition) is 5. The minimum Gasteiger partial charge on any atom is -0.378 e. The van der Waals surface area contributed by atoms with Crippen LogP contribution >= 0.6 is 0 Å². The first-order valence-corrected chi connectivity index (χ1v) is 11.6. The molecule has 7 heteroatoms. The molecule has 0 unspecified atom stereocenters. The van der Waals surface area contributed by atoms with Gasteiger partial charge in [-0.3, -0.25) is 19.4 Å². The van der Waals surface area contributed by atoms with E-state index in [1.54, 1.807) is 0 Å². The molecule has 2 aliphatic heterocycles. The Kier molecular flexibility index (Phi) is 6.76. The number of nitrogens with zero attached hydrogens (tertiary/aromatic N) is 3. The van der Waals surface area contributed by atoms with Gasteiger partial charge in [-0.2, -0.15) is 0 Å². The predicted molar refractivity (Wildman–Crippen MR) is 111 cm³/mol. The van der Waals surface area contributed by atoms with Crippen molar-refractivity contribution in [3.05, 3.63) is 0 Å². The standard InChI is InChI=1S/C22H38N4O3/c1-16(20-14-18-3-4-19(20)13-18)23-22(28)17(2)25-7-5-24(6-8-25)15-21(27)26-9-11-29-12-10-26/h16-20H,3-15H2,1-2H3,(H,23,28)/t16-,17-,18-,19-,20-/m0/s1. The maximum Gasteiger partial charge on any atom is 0.237 e. The molecular formula is C22H38N4O3. The monoisotopic (exact) mass is 406 g/mol. The number of amides is 2. The van der Waals surface area contributed by atoms with Crippen LogP contribution in [0.4, 0.5) is 0 Å². The summed E-state index contributed by atoms with van der Waals surface area (Å²) in [5.41, 5.74) is 0. The van der Waals surface area contributed by atoms with Gasteiger partial charge in [0.2, 0.25) is 11.8 Å². The third-order valence-corrected chi connectivity index (χ3v) is 7.86. The average molecular weight is 407 g/mol. The Morgan fingerprint density at radius 3 is 2.34 bits per heavy atom. The van der Waals surface area contributed by atoms with Crippen LogP contribution in [0, 0.1) is 17.8 Å². The quantitative estimate of drug-likeness (QED) is 0.707. The van der Waals surface area contributed by atoms with E-state index in [2.05, 4.69) is 22.0 Å². The fourth-order valence-electron chi connectivity index (χ4n) is 5.94. The number of nitrogens with one attached hydrogen (secondary N) is 1. The normalized spacial score (nSPS) is 32.9. The lowest BCUT2D eigenvalue weighted by atomic mass is 9.84. The first kappa shape index (κ1) is 21.1. The van der Waals surface area contributed by atoms with Crippen molar-refractivity contribution in [1.82, 2.24) is 20.0 Å². The molecular weight excluding hydrogens is 368 g/mol. The molecule has 164 valence electrons. The molecule has 1 N–H and O–H groups in total. The molecule has 0 spiro atoms. The van der Waals surface area contributed by atoms with Crippen LogP contribution in [0.15, 0.2) is 0 Å². The Bertz CT molecular complexity index is 587. The van der Waals surface area contributed by atoms with Crippen LogP contribution in [0.5, 0.6) is 0 Å². The van der Waals surface area contributed by atoms with Gasteiger partial charge in [-0.15, -0.1) is 0 Å². The molecule has 29 heavy (non-hydrogen) atoms. The van der Waals surface area contributed by atoms with Gasteiger partial charge in [0.25, 0.3) is 0 Å². The number of carbonyl (C=O) groups is 2. The predicted octanol–water partition coefficient (Wildman–Crippen LogP) is 0.792. The van der Waals surface area contributed by atoms with Crippen molar-refractivity contribution in [2.75, 3.05) is 59.0 Å². The molecule has 2 saturated heterocycles. The van der Waals surface area contributed by atoms with E-state index in [1.165, 1.54) is 25.7 Å². The van der Waals surface area contributed by atoms with E-state index in [0.29, 0.717) is 38.8 Å². The lowest BCUT2D eigenvalue weighted by molar-refractivity contribution is -0.137. The Morgan fingerprint density at radius 1 is 1.00 bits per heavy atom. The zero-order chi connectivity index (χ0) is 20.4. The van der Waals surface area contributed by atoms with Crippen LogP contribution in [-0.2, 0) is 14.3 Å². The average Bonchev–Trinajstić information content (AvgIpc) is 3.38. The molecule has 2 bridgehead atoms. The van der Waals surface area contributed by atoms with Crippen LogP contribution in [0.3, 0.4) is 0 Å². The summed E-state index contributed by atoms with van der Waals surface area (Å²) < 4.78 is 5.32. The summed E-state index contributed by atoms with van der Waals surface area (Å²) in [6.07, 6.45) is 5.44. The van der Waals surface area contributed by atoms with Crippen molar-refractivity contribution < 1.29 is 14.3 Å². The number of carbonyl (C=O) groups excluding carboxylic acids is 2. The number of morpholine rings is 1. The molecule has 2 saturated carbocycles. The summed E-state index contributed by atoms with van der Waals surface area (Å²) >= 11 is 0. The lowest BCUT2D eigenvalue weighted by Gasteiger charge is -2.38. The first-order valence-electron chi connectivity index (χ1n) is 11.6. The number of fused-ring (bicyclic) bond motifs is 2. The van der Waals surface area contributed by atoms with Crippen molar-refractivity contribution in [1.29, 1.82) is 0 Å². The minimum absolute atomic E-state index is 0.104. The molecule has 2 heterocycles. The summed E-state index contributed by atoms with van der Waals surface area (Å²) in [7, 11) is 0. The maximum absolute atomic E-state index is 12.8. The third-order valence-electron chi connectivity index (χ3n) is 7.86. The van der Waals surface area contributed by atoms with Gasteiger partial charge in [0.15, 0.2) is 0 Å². The maximum atomic E-state index is 12.8. The van der Waals surface area contributed by atoms with Crippen LogP contribution < -0.4 is 5.32 Å². The van der Waals surface area contributed by atoms with E-state index < -0.39 is 0 Å². The third kappa shape index (κ3) is 4.94. The van der Waals surface area contributed by atoms with Crippen LogP contribution in [0.1, 0.15) is 39.5 Å². The number of ether oxygens (including phenoxy) is 1. The first-order chi connectivity index (χ1) is 14.0. The second kappa shape index (κ2) is 9.31. The Hall–Kier alpha value is -1.18. The smallest absolute Gasteiger partial charge is 0.237 e. The lowest BCUT2D eigenvalue weighted by Crippen LogP contribution is -2.56. The van der Waals surface area contributed by atoms with Gasteiger partial charge < -0.3 is 15.0 Å². The topological polar surface area (TPSA) is 65.1 Å². The second-order valence-corrected chi connectivity index (χ2v) is 9.62. The number of piperazine rings is 1. The molecule has 4 fully saturated rings. The van der Waals surface area contributed by atoms with Crippen molar-refractivity contribution in [2.45, 2.75) is 51.6 Å². The molecule has 2 aliphatic carbocycles. The fourth-order valence-corrected chi connectivity index (χ4v) is 5.94. The largest absolute Gasteiger partial charge is 0.378 e. The summed E-state index contributed by atoms with van der Waals surface area (Å²) in [5.74, 6) is 2.78. The zero-order valence-corrected chi connectivity index (χ0v) is 18.1. The molecule has 0 aromatic carbocycles. The van der Waals surface area contributed by atoms with E-state index >= 15 is 0 Å². The van der Waals surface area contributed by atoms with Crippen molar-refractivity contribution in [2.24, 2.45) is 17.8 Å². The van der Waals surface area contributed by atoms with Gasteiger partial charge in [-0.25, -0.2) is 0 Å². The van der Waals surface area contributed by atoms with Crippen molar-refractivity contribution in [3.63, 3.8) is 0 Å². The van der Waals surface area contributed by atoms with Crippen LogP contribution in [-0.4, -0.2) is 97.6 Å². The Morgan fingerprint density at radius 2 is 1.72 bits per heavy atom. The summed E-state index contributed by atoms with van der Waals surface area (Å²) in [6.45, 7) is 10.8. The summed E-state index contributed by atoms with van der Waals surface area (Å²) in [5, 5.41) is 3.32. The molecule has 0 aromatic rings. The van der Waals surface area contributed by atoms with Crippen LogP contribution in [0.2, 0.25) is 0 Å². The molecule has 2 amide bonds. The van der Waals surface area contributed by atoms with E-state index in [4.69, 9.17) is 4.74 Å². The Balaban J connectivity index is 1.18. The summed E-state index contributed by atoms with van der Waals surface area (Å²) in [4.78, 5) is 31.7. The molecule has 0 aromatic heterocycles. The van der Waals surface area contributed by atoms with Gasteiger partial charge in [0.05, 0.1) is 25.8 Å². The highest BCUT2D eigenvalue weighted by Crippen LogP contribution is 2.49. The molecule has 4 rings (SSSR count). The van der Waals surface area contributed by atoms with E-state index in [0.717, 1.165) is 38.0 Å². The van der Waals surface area contributed by atoms with Gasteiger partial charge >= 0.3 is 0 Å². The second-order valence-electron chi connectivity index (χ2n) is 9.62. The zero-order valence-electron chi connectivity index (χ0n) is 18.1. The highest BCUT2D eigenvalue weighted by Gasteiger charge is 2.42. The van der Waals surface area contributed by atoms with Gasteiger partial charge in [-0.05, 0) is 50.9 Å². The number of rotatable bonds is 6. The van der Waals surface area contributed by atoms with E-state index in [1.807, 2.05) is 11.8 Å². The molecule has 4 aliphatic rings. The van der Waals surface area contributed by atoms with Gasteiger partial charge in [0.1, 0.15) is 0 Å². The fraction of sp³-hybridized carbons (Fsp3) is 0.909. The van der Waals surface area contributed by atoms with Gasteiger partial charge in [0, 0.05) is 45.3 Å². The number of hydrogen-bond donors (Lipinski definition) is 1. The molecule has 0 radical (unpaired) electrons. The minimum atomic E-state index is -0.104.